The Morgan fingerprint density at radius 2 is 2.04 bits per heavy atom. The number of halogens is 1. The van der Waals surface area contributed by atoms with Crippen LogP contribution in [0.2, 0.25) is 5.15 Å². The Bertz CT molecular complexity index is 899. The van der Waals surface area contributed by atoms with Crippen molar-refractivity contribution in [2.45, 2.75) is 39.8 Å². The number of ether oxygens (including phenoxy) is 1. The molecule has 0 aromatic carbocycles. The summed E-state index contributed by atoms with van der Waals surface area (Å²) in [5, 5.41) is 2.87. The summed E-state index contributed by atoms with van der Waals surface area (Å²) in [5.41, 5.74) is 7.86. The number of amides is 1. The highest BCUT2D eigenvalue weighted by atomic mass is 35.5. The predicted molar refractivity (Wildman–Crippen MR) is 101 cm³/mol. The third kappa shape index (κ3) is 2.80. The number of carbonyl (C=O) groups is 1. The monoisotopic (exact) mass is 376 g/mol. The summed E-state index contributed by atoms with van der Waals surface area (Å²) in [6.07, 6.45) is 1.75. The van der Waals surface area contributed by atoms with Crippen LogP contribution in [0.4, 0.5) is 17.5 Å². The second-order valence-corrected chi connectivity index (χ2v) is 7.07. The van der Waals surface area contributed by atoms with Crippen LogP contribution in [0, 0.1) is 13.8 Å². The molecule has 0 unspecified atom stereocenters. The van der Waals surface area contributed by atoms with Gasteiger partial charge in [-0.25, -0.2) is 0 Å². The molecule has 0 aliphatic carbocycles. The third-order valence-electron chi connectivity index (χ3n) is 4.65. The normalized spacial score (nSPS) is 15.5. The van der Waals surface area contributed by atoms with E-state index in [0.29, 0.717) is 18.1 Å². The summed E-state index contributed by atoms with van der Waals surface area (Å²) in [4.78, 5) is 27.2. The lowest BCUT2D eigenvalue weighted by molar-refractivity contribution is -0.120. The number of hydrogen-bond acceptors (Lipinski definition) is 7. The molecular formula is C17H21ClN6O2. The maximum atomic E-state index is 12.6. The molecule has 3 rings (SSSR count). The quantitative estimate of drug-likeness (QED) is 0.792. The maximum Gasteiger partial charge on any atom is 0.249 e. The number of anilines is 3. The first-order valence-electron chi connectivity index (χ1n) is 8.08. The van der Waals surface area contributed by atoms with Crippen LogP contribution in [-0.2, 0) is 11.3 Å². The van der Waals surface area contributed by atoms with Gasteiger partial charge in [-0.2, -0.15) is 9.97 Å². The van der Waals surface area contributed by atoms with Crippen molar-refractivity contribution in [3.05, 3.63) is 28.2 Å². The van der Waals surface area contributed by atoms with Gasteiger partial charge in [-0.1, -0.05) is 11.6 Å². The minimum absolute atomic E-state index is 0.0388. The molecule has 1 aliphatic heterocycles. The Morgan fingerprint density at radius 3 is 2.69 bits per heavy atom. The third-order valence-corrected chi connectivity index (χ3v) is 4.92. The zero-order chi connectivity index (χ0) is 19.2. The molecule has 0 saturated heterocycles. The van der Waals surface area contributed by atoms with Crippen molar-refractivity contribution in [1.29, 1.82) is 0 Å². The first kappa shape index (κ1) is 18.2. The fourth-order valence-corrected chi connectivity index (χ4v) is 3.27. The van der Waals surface area contributed by atoms with Crippen molar-refractivity contribution in [3.8, 4) is 5.75 Å². The van der Waals surface area contributed by atoms with Crippen molar-refractivity contribution >= 4 is 35.0 Å². The van der Waals surface area contributed by atoms with E-state index in [1.165, 1.54) is 0 Å². The lowest BCUT2D eigenvalue weighted by Crippen LogP contribution is -2.56. The number of nitrogens with zero attached hydrogens (tertiary/aromatic N) is 4. The van der Waals surface area contributed by atoms with Gasteiger partial charge < -0.3 is 20.7 Å². The predicted octanol–water partition coefficient (Wildman–Crippen LogP) is 2.47. The van der Waals surface area contributed by atoms with E-state index in [9.17, 15) is 4.79 Å². The van der Waals surface area contributed by atoms with Crippen molar-refractivity contribution < 1.29 is 9.53 Å². The van der Waals surface area contributed by atoms with E-state index >= 15 is 0 Å². The molecule has 3 heterocycles. The number of aromatic nitrogens is 3. The van der Waals surface area contributed by atoms with Gasteiger partial charge in [0.25, 0.3) is 0 Å². The molecule has 9 heteroatoms. The Labute approximate surface area is 156 Å². The molecule has 0 saturated carbocycles. The number of pyridine rings is 1. The topological polar surface area (TPSA) is 106 Å². The Hall–Kier alpha value is -2.61. The average Bonchev–Trinajstić information content (AvgIpc) is 2.55. The van der Waals surface area contributed by atoms with Crippen LogP contribution < -0.4 is 20.7 Å². The van der Waals surface area contributed by atoms with Crippen LogP contribution in [0.15, 0.2) is 6.20 Å². The van der Waals surface area contributed by atoms with E-state index in [2.05, 4.69) is 20.3 Å². The summed E-state index contributed by atoms with van der Waals surface area (Å²) in [6, 6.07) is 0. The standard InChI is InChI=1S/C17H21ClN6O2/c1-8-6-20-10(9(2)12(8)26-5)7-24-14-11(13(18)22-16(19)23-14)21-15(25)17(24,3)4/h6H,7H2,1-5H3,(H,21,25)(H2,19,22,23). The van der Waals surface area contributed by atoms with Gasteiger partial charge in [0.1, 0.15) is 17.0 Å². The minimum Gasteiger partial charge on any atom is -0.496 e. The van der Waals surface area contributed by atoms with Crippen LogP contribution in [0.1, 0.15) is 30.7 Å². The largest absolute Gasteiger partial charge is 0.496 e. The molecule has 2 aromatic rings. The van der Waals surface area contributed by atoms with E-state index in [-0.39, 0.29) is 17.0 Å². The van der Waals surface area contributed by atoms with E-state index in [0.717, 1.165) is 22.6 Å². The Kier molecular flexibility index (Phi) is 4.39. The fourth-order valence-electron chi connectivity index (χ4n) is 3.05. The number of nitrogens with one attached hydrogen (secondary N) is 1. The molecule has 8 nitrogen and oxygen atoms in total. The summed E-state index contributed by atoms with van der Waals surface area (Å²) in [6.45, 7) is 7.82. The van der Waals surface area contributed by atoms with Crippen molar-refractivity contribution in [2.75, 3.05) is 23.1 Å². The first-order chi connectivity index (χ1) is 12.2. The number of nitrogen functional groups attached to an aromatic ring is 1. The number of aryl methyl sites for hydroxylation is 1. The SMILES string of the molecule is COc1c(C)cnc(CN2c3nc(N)nc(Cl)c3NC(=O)C2(C)C)c1C. The van der Waals surface area contributed by atoms with Crippen molar-refractivity contribution in [1.82, 2.24) is 15.0 Å². The molecule has 0 atom stereocenters. The van der Waals surface area contributed by atoms with Crippen LogP contribution in [0.3, 0.4) is 0 Å². The van der Waals surface area contributed by atoms with Crippen LogP contribution in [0.5, 0.6) is 5.75 Å². The second kappa shape index (κ2) is 6.28. The molecule has 2 aromatic heterocycles. The summed E-state index contributed by atoms with van der Waals surface area (Å²) in [7, 11) is 1.63. The fraction of sp³-hybridized carbons (Fsp3) is 0.412. The van der Waals surface area contributed by atoms with Gasteiger partial charge in [0, 0.05) is 17.3 Å². The van der Waals surface area contributed by atoms with E-state index < -0.39 is 5.54 Å². The summed E-state index contributed by atoms with van der Waals surface area (Å²) in [5.74, 6) is 1.07. The zero-order valence-electron chi connectivity index (χ0n) is 15.3. The Morgan fingerprint density at radius 1 is 1.35 bits per heavy atom. The number of carbonyl (C=O) groups excluding carboxylic acids is 1. The highest BCUT2D eigenvalue weighted by Crippen LogP contribution is 2.40. The number of rotatable bonds is 3. The molecule has 3 N–H and O–H groups in total. The molecule has 0 bridgehead atoms. The van der Waals surface area contributed by atoms with Gasteiger partial charge in [0.2, 0.25) is 11.9 Å². The molecule has 0 spiro atoms. The average molecular weight is 377 g/mol. The van der Waals surface area contributed by atoms with E-state index in [1.807, 2.05) is 18.7 Å². The molecule has 1 aliphatic rings. The highest BCUT2D eigenvalue weighted by Gasteiger charge is 2.42. The van der Waals surface area contributed by atoms with Gasteiger partial charge >= 0.3 is 0 Å². The zero-order valence-corrected chi connectivity index (χ0v) is 16.1. The smallest absolute Gasteiger partial charge is 0.249 e. The lowest BCUT2D eigenvalue weighted by Gasteiger charge is -2.42. The number of fused-ring (bicyclic) bond motifs is 1. The maximum absolute atomic E-state index is 12.6. The van der Waals surface area contributed by atoms with E-state index in [1.54, 1.807) is 27.2 Å². The first-order valence-corrected chi connectivity index (χ1v) is 8.45. The molecule has 1 amide bonds. The Balaban J connectivity index is 2.14. The molecule has 26 heavy (non-hydrogen) atoms. The number of nitrogens with two attached hydrogens (primary N) is 1. The van der Waals surface area contributed by atoms with E-state index in [4.69, 9.17) is 22.1 Å². The highest BCUT2D eigenvalue weighted by molar-refractivity contribution is 6.33. The van der Waals surface area contributed by atoms with Crippen molar-refractivity contribution in [2.24, 2.45) is 0 Å². The molecule has 138 valence electrons. The van der Waals surface area contributed by atoms with Crippen LogP contribution >= 0.6 is 11.6 Å². The van der Waals surface area contributed by atoms with Gasteiger partial charge in [0.05, 0.1) is 19.3 Å². The van der Waals surface area contributed by atoms with Gasteiger partial charge in [0.15, 0.2) is 11.0 Å². The lowest BCUT2D eigenvalue weighted by atomic mass is 9.97. The number of methoxy groups -OCH3 is 1. The molecule has 0 fully saturated rings. The van der Waals surface area contributed by atoms with Crippen molar-refractivity contribution in [3.63, 3.8) is 0 Å². The summed E-state index contributed by atoms with van der Waals surface area (Å²) < 4.78 is 5.48. The van der Waals surface area contributed by atoms with Crippen LogP contribution in [0.25, 0.3) is 0 Å². The minimum atomic E-state index is -0.886. The molecular weight excluding hydrogens is 356 g/mol. The molecule has 0 radical (unpaired) electrons. The van der Waals surface area contributed by atoms with Gasteiger partial charge in [-0.3, -0.25) is 9.78 Å². The summed E-state index contributed by atoms with van der Waals surface area (Å²) >= 11 is 6.17. The van der Waals surface area contributed by atoms with Gasteiger partial charge in [-0.15, -0.1) is 0 Å². The van der Waals surface area contributed by atoms with Crippen LogP contribution in [-0.4, -0.2) is 33.5 Å². The number of hydrogen-bond donors (Lipinski definition) is 2. The second-order valence-electron chi connectivity index (χ2n) is 6.72. The van der Waals surface area contributed by atoms with Gasteiger partial charge in [-0.05, 0) is 27.7 Å².